The van der Waals surface area contributed by atoms with Crippen molar-refractivity contribution in [2.45, 2.75) is 60.6 Å². The molecule has 31 heavy (non-hydrogen) atoms. The average Bonchev–Trinajstić information content (AvgIpc) is 3.48. The Labute approximate surface area is 186 Å². The van der Waals surface area contributed by atoms with Crippen LogP contribution in [0.1, 0.15) is 66.3 Å². The summed E-state index contributed by atoms with van der Waals surface area (Å²) < 4.78 is 12.3. The molecule has 5 rings (SSSR count). The average molecular weight is 419 g/mol. The van der Waals surface area contributed by atoms with Gasteiger partial charge in [0.25, 0.3) is 5.89 Å². The molecule has 0 aliphatic carbocycles. The van der Waals surface area contributed by atoms with Crippen molar-refractivity contribution in [2.75, 3.05) is 4.90 Å². The van der Waals surface area contributed by atoms with E-state index < -0.39 is 5.72 Å². The molecule has 0 fully saturated rings. The van der Waals surface area contributed by atoms with Crippen molar-refractivity contribution in [1.29, 1.82) is 0 Å². The first kappa shape index (κ1) is 22.7. The fraction of sp³-hybridized carbons (Fsp3) is 0.370. The Balaban J connectivity index is 0.000000645. The molecule has 4 heteroatoms. The number of oxazole rings is 1. The van der Waals surface area contributed by atoms with Crippen molar-refractivity contribution in [3.8, 4) is 11.1 Å². The van der Waals surface area contributed by atoms with Crippen molar-refractivity contribution < 1.29 is 9.15 Å². The number of hydrogen-bond donors (Lipinski definition) is 0. The predicted molar refractivity (Wildman–Crippen MR) is 129 cm³/mol. The third-order valence-corrected chi connectivity index (χ3v) is 5.96. The molecule has 2 aromatic carbocycles. The Hall–Kier alpha value is -3.01. The lowest BCUT2D eigenvalue weighted by Gasteiger charge is -2.43. The highest BCUT2D eigenvalue weighted by Gasteiger charge is 2.51. The van der Waals surface area contributed by atoms with Crippen LogP contribution in [0.15, 0.2) is 65.4 Å². The second-order valence-electron chi connectivity index (χ2n) is 7.38. The maximum absolute atomic E-state index is 6.66. The highest BCUT2D eigenvalue weighted by atomic mass is 16.5. The number of ether oxygens (including phenoxy) is 1. The largest absolute Gasteiger partial charge is 0.460 e. The molecule has 3 aromatic rings. The Morgan fingerprint density at radius 3 is 2.16 bits per heavy atom. The second kappa shape index (κ2) is 9.42. The summed E-state index contributed by atoms with van der Waals surface area (Å²) in [4.78, 5) is 6.74. The molecular weight excluding hydrogens is 384 g/mol. The Bertz CT molecular complexity index is 1040. The Morgan fingerprint density at radius 2 is 1.55 bits per heavy atom. The minimum absolute atomic E-state index is 0.304. The molecule has 2 aliphatic heterocycles. The van der Waals surface area contributed by atoms with Crippen LogP contribution < -0.4 is 4.90 Å². The van der Waals surface area contributed by atoms with Crippen molar-refractivity contribution >= 4 is 17.1 Å². The van der Waals surface area contributed by atoms with Crippen molar-refractivity contribution in [1.82, 2.24) is 4.98 Å². The SMILES string of the molecule is CC.CC.CCC(C)C1(C)OC(c2ncco2)=C2c3ccccc3-c3ccccc3N21. The summed E-state index contributed by atoms with van der Waals surface area (Å²) in [6.45, 7) is 14.6. The molecule has 164 valence electrons. The Kier molecular flexibility index (Phi) is 6.89. The van der Waals surface area contributed by atoms with E-state index in [0.717, 1.165) is 23.4 Å². The summed E-state index contributed by atoms with van der Waals surface area (Å²) in [5.41, 5.74) is 5.27. The van der Waals surface area contributed by atoms with Gasteiger partial charge in [-0.2, -0.15) is 0 Å². The van der Waals surface area contributed by atoms with Crippen LogP contribution in [0.25, 0.3) is 22.6 Å². The van der Waals surface area contributed by atoms with E-state index in [-0.39, 0.29) is 0 Å². The summed E-state index contributed by atoms with van der Waals surface area (Å²) in [7, 11) is 0. The van der Waals surface area contributed by atoms with E-state index in [1.807, 2.05) is 27.7 Å². The van der Waals surface area contributed by atoms with Crippen LogP contribution in [0.3, 0.4) is 0 Å². The molecule has 2 aliphatic rings. The third-order valence-electron chi connectivity index (χ3n) is 5.96. The fourth-order valence-corrected chi connectivity index (χ4v) is 4.23. The molecule has 0 saturated carbocycles. The van der Waals surface area contributed by atoms with Crippen LogP contribution in [0.5, 0.6) is 0 Å². The molecule has 0 spiro atoms. The number of nitrogens with zero attached hydrogens (tertiary/aromatic N) is 2. The van der Waals surface area contributed by atoms with Crippen molar-refractivity contribution in [2.24, 2.45) is 5.92 Å². The maximum Gasteiger partial charge on any atom is 0.264 e. The molecule has 0 saturated heterocycles. The maximum atomic E-state index is 6.66. The number of para-hydroxylation sites is 1. The summed E-state index contributed by atoms with van der Waals surface area (Å²) in [5.74, 6) is 1.54. The van der Waals surface area contributed by atoms with Gasteiger partial charge in [-0.3, -0.25) is 4.90 Å². The zero-order chi connectivity index (χ0) is 22.6. The number of hydrogen-bond acceptors (Lipinski definition) is 4. The number of fused-ring (bicyclic) bond motifs is 6. The molecule has 0 amide bonds. The van der Waals surface area contributed by atoms with Gasteiger partial charge in [-0.25, -0.2) is 4.98 Å². The zero-order valence-corrected chi connectivity index (χ0v) is 19.8. The normalized spacial score (nSPS) is 19.0. The van der Waals surface area contributed by atoms with E-state index in [9.17, 15) is 0 Å². The first-order valence-electron chi connectivity index (χ1n) is 11.5. The summed E-state index contributed by atoms with van der Waals surface area (Å²) in [5, 5.41) is 0. The third kappa shape index (κ3) is 3.54. The van der Waals surface area contributed by atoms with Crippen LogP contribution >= 0.6 is 0 Å². The van der Waals surface area contributed by atoms with Crippen LogP contribution in [0, 0.1) is 5.92 Å². The van der Waals surface area contributed by atoms with Crippen LogP contribution in [0.4, 0.5) is 5.69 Å². The lowest BCUT2D eigenvalue weighted by Crippen LogP contribution is -2.49. The molecular formula is C27H34N2O2. The summed E-state index contributed by atoms with van der Waals surface area (Å²) in [6.07, 6.45) is 4.26. The van der Waals surface area contributed by atoms with Crippen molar-refractivity contribution in [3.05, 3.63) is 72.4 Å². The molecule has 3 heterocycles. The molecule has 1 aromatic heterocycles. The highest BCUT2D eigenvalue weighted by Crippen LogP contribution is 2.56. The van der Waals surface area contributed by atoms with Gasteiger partial charge in [-0.05, 0) is 25.0 Å². The first-order valence-corrected chi connectivity index (χ1v) is 11.5. The van der Waals surface area contributed by atoms with Crippen LogP contribution in [-0.2, 0) is 4.74 Å². The number of benzene rings is 2. The first-order chi connectivity index (χ1) is 15.1. The van der Waals surface area contributed by atoms with Gasteiger partial charge in [0.1, 0.15) is 12.0 Å². The minimum Gasteiger partial charge on any atom is -0.460 e. The molecule has 4 nitrogen and oxygen atoms in total. The van der Waals surface area contributed by atoms with E-state index >= 15 is 0 Å². The van der Waals surface area contributed by atoms with Gasteiger partial charge in [0.2, 0.25) is 5.76 Å². The smallest absolute Gasteiger partial charge is 0.264 e. The van der Waals surface area contributed by atoms with Gasteiger partial charge in [0, 0.05) is 17.0 Å². The lowest BCUT2D eigenvalue weighted by atomic mass is 9.87. The van der Waals surface area contributed by atoms with E-state index in [1.165, 1.54) is 11.1 Å². The van der Waals surface area contributed by atoms with Gasteiger partial charge in [-0.15, -0.1) is 0 Å². The lowest BCUT2D eigenvalue weighted by molar-refractivity contribution is 0.0239. The van der Waals surface area contributed by atoms with E-state index in [1.54, 1.807) is 12.5 Å². The standard InChI is InChI=1S/C23H22N2O2.2C2H6/c1-4-15(2)23(3)25-19-12-8-7-10-17(19)16-9-5-6-11-18(16)20(25)21(27-23)22-24-13-14-26-22;2*1-2/h5-15H,4H2,1-3H3;2*1-2H3. The van der Waals surface area contributed by atoms with E-state index in [0.29, 0.717) is 17.6 Å². The van der Waals surface area contributed by atoms with Crippen LogP contribution in [-0.4, -0.2) is 10.7 Å². The molecule has 0 radical (unpaired) electrons. The molecule has 0 bridgehead atoms. The number of aromatic nitrogens is 1. The van der Waals surface area contributed by atoms with E-state index in [2.05, 4.69) is 79.2 Å². The molecule has 2 unspecified atom stereocenters. The van der Waals surface area contributed by atoms with Gasteiger partial charge >= 0.3 is 0 Å². The summed E-state index contributed by atoms with van der Waals surface area (Å²) in [6, 6.07) is 17.0. The second-order valence-corrected chi connectivity index (χ2v) is 7.38. The fourth-order valence-electron chi connectivity index (χ4n) is 4.23. The van der Waals surface area contributed by atoms with E-state index in [4.69, 9.17) is 9.15 Å². The minimum atomic E-state index is -0.516. The number of rotatable bonds is 3. The number of anilines is 1. The van der Waals surface area contributed by atoms with Crippen LogP contribution in [0.2, 0.25) is 0 Å². The topological polar surface area (TPSA) is 38.5 Å². The van der Waals surface area contributed by atoms with Gasteiger partial charge in [0.05, 0.1) is 11.9 Å². The Morgan fingerprint density at radius 1 is 0.935 bits per heavy atom. The molecule has 2 atom stereocenters. The van der Waals surface area contributed by atoms with Gasteiger partial charge in [-0.1, -0.05) is 84.0 Å². The summed E-state index contributed by atoms with van der Waals surface area (Å²) >= 11 is 0. The van der Waals surface area contributed by atoms with Gasteiger partial charge < -0.3 is 9.15 Å². The molecule has 0 N–H and O–H groups in total. The predicted octanol–water partition coefficient (Wildman–Crippen LogP) is 7.83. The van der Waals surface area contributed by atoms with Gasteiger partial charge in [0.15, 0.2) is 5.72 Å². The quantitative estimate of drug-likeness (QED) is 0.434. The van der Waals surface area contributed by atoms with Crippen molar-refractivity contribution in [3.63, 3.8) is 0 Å². The monoisotopic (exact) mass is 418 g/mol. The zero-order valence-electron chi connectivity index (χ0n) is 19.8. The highest BCUT2D eigenvalue weighted by molar-refractivity contribution is 6.07.